The van der Waals surface area contributed by atoms with E-state index >= 15 is 0 Å². The number of carbonyl (C=O) groups is 1. The number of piperazine rings is 1. The summed E-state index contributed by atoms with van der Waals surface area (Å²) in [7, 11) is 1.58. The van der Waals surface area contributed by atoms with E-state index in [1.165, 1.54) is 5.69 Å². The lowest BCUT2D eigenvalue weighted by molar-refractivity contribution is 0.0746. The van der Waals surface area contributed by atoms with Crippen LogP contribution in [0.3, 0.4) is 0 Å². The van der Waals surface area contributed by atoms with Crippen molar-refractivity contribution < 1.29 is 9.53 Å². The number of rotatable bonds is 7. The van der Waals surface area contributed by atoms with E-state index in [9.17, 15) is 4.79 Å². The van der Waals surface area contributed by atoms with E-state index in [-0.39, 0.29) is 5.91 Å². The Morgan fingerprint density at radius 2 is 1.82 bits per heavy atom. The fraction of sp³-hybridized carbons (Fsp3) is 0.476. The van der Waals surface area contributed by atoms with E-state index in [1.54, 1.807) is 19.5 Å². The normalized spacial score (nSPS) is 14.1. The van der Waals surface area contributed by atoms with Gasteiger partial charge in [0.1, 0.15) is 0 Å². The molecule has 1 amide bonds. The van der Waals surface area contributed by atoms with Crippen molar-refractivity contribution >= 4 is 17.4 Å². The molecule has 1 fully saturated rings. The maximum absolute atomic E-state index is 12.9. The standard InChI is InChI=1S/C21H29N5O2/c1-4-10-24(5-2)18-8-6-17(7-9-18)21(27)26-13-11-25(12-14-26)19-15-22-16-20(23-19)28-3/h6-9,15-16H,4-5,10-14H2,1-3H3. The molecule has 0 bridgehead atoms. The summed E-state index contributed by atoms with van der Waals surface area (Å²) in [4.78, 5) is 27.8. The Morgan fingerprint density at radius 3 is 2.43 bits per heavy atom. The van der Waals surface area contributed by atoms with Crippen LogP contribution < -0.4 is 14.5 Å². The van der Waals surface area contributed by atoms with Crippen molar-refractivity contribution in [1.29, 1.82) is 0 Å². The maximum Gasteiger partial charge on any atom is 0.253 e. The summed E-state index contributed by atoms with van der Waals surface area (Å²) in [5.74, 6) is 1.37. The Labute approximate surface area is 166 Å². The number of nitrogens with zero attached hydrogens (tertiary/aromatic N) is 5. The smallest absolute Gasteiger partial charge is 0.253 e. The predicted octanol–water partition coefficient (Wildman–Crippen LogP) is 2.68. The molecule has 28 heavy (non-hydrogen) atoms. The molecule has 0 aliphatic carbocycles. The second-order valence-corrected chi connectivity index (χ2v) is 6.83. The lowest BCUT2D eigenvalue weighted by atomic mass is 10.1. The van der Waals surface area contributed by atoms with Gasteiger partial charge in [0.15, 0.2) is 5.82 Å². The molecule has 0 unspecified atom stereocenters. The highest BCUT2D eigenvalue weighted by atomic mass is 16.5. The first-order valence-corrected chi connectivity index (χ1v) is 9.91. The topological polar surface area (TPSA) is 61.8 Å². The van der Waals surface area contributed by atoms with Gasteiger partial charge in [-0.15, -0.1) is 0 Å². The molecule has 0 N–H and O–H groups in total. The summed E-state index contributed by atoms with van der Waals surface area (Å²) in [5.41, 5.74) is 1.91. The Bertz CT molecular complexity index is 773. The Morgan fingerprint density at radius 1 is 1.11 bits per heavy atom. The number of anilines is 2. The summed E-state index contributed by atoms with van der Waals surface area (Å²) in [6, 6.07) is 7.98. The van der Waals surface area contributed by atoms with E-state index in [0.717, 1.165) is 44.0 Å². The third kappa shape index (κ3) is 4.52. The van der Waals surface area contributed by atoms with Gasteiger partial charge in [-0.2, -0.15) is 4.98 Å². The Kier molecular flexibility index (Phi) is 6.68. The summed E-state index contributed by atoms with van der Waals surface area (Å²) in [6.07, 6.45) is 4.43. The molecule has 150 valence electrons. The minimum Gasteiger partial charge on any atom is -0.480 e. The average Bonchev–Trinajstić information content (AvgIpc) is 2.77. The maximum atomic E-state index is 12.9. The van der Waals surface area contributed by atoms with Crippen LogP contribution in [0.5, 0.6) is 5.88 Å². The average molecular weight is 383 g/mol. The fourth-order valence-electron chi connectivity index (χ4n) is 3.46. The molecule has 1 saturated heterocycles. The number of ether oxygens (including phenoxy) is 1. The molecule has 0 spiro atoms. The van der Waals surface area contributed by atoms with E-state index in [1.807, 2.05) is 17.0 Å². The molecule has 0 saturated carbocycles. The molecule has 0 radical (unpaired) electrons. The second kappa shape index (κ2) is 9.39. The zero-order chi connectivity index (χ0) is 19.9. The molecule has 1 aromatic heterocycles. The van der Waals surface area contributed by atoms with Crippen molar-refractivity contribution in [3.63, 3.8) is 0 Å². The van der Waals surface area contributed by atoms with Crippen molar-refractivity contribution in [3.05, 3.63) is 42.2 Å². The minimum atomic E-state index is 0.0847. The monoisotopic (exact) mass is 383 g/mol. The van der Waals surface area contributed by atoms with Crippen molar-refractivity contribution in [2.24, 2.45) is 0 Å². The van der Waals surface area contributed by atoms with E-state index in [2.05, 4.69) is 45.7 Å². The summed E-state index contributed by atoms with van der Waals surface area (Å²) >= 11 is 0. The number of methoxy groups -OCH3 is 1. The first-order valence-electron chi connectivity index (χ1n) is 9.91. The highest BCUT2D eigenvalue weighted by Gasteiger charge is 2.23. The molecule has 2 aromatic rings. The molecule has 1 aromatic carbocycles. The van der Waals surface area contributed by atoms with Crippen molar-refractivity contribution in [3.8, 4) is 5.88 Å². The van der Waals surface area contributed by atoms with Crippen LogP contribution in [0.15, 0.2) is 36.7 Å². The predicted molar refractivity (Wildman–Crippen MR) is 111 cm³/mol. The van der Waals surface area contributed by atoms with Gasteiger partial charge in [0.05, 0.1) is 19.5 Å². The number of amides is 1. The summed E-state index contributed by atoms with van der Waals surface area (Å²) in [6.45, 7) is 9.11. The van der Waals surface area contributed by atoms with Gasteiger partial charge in [-0.3, -0.25) is 9.78 Å². The molecular formula is C21H29N5O2. The van der Waals surface area contributed by atoms with Gasteiger partial charge in [-0.25, -0.2) is 0 Å². The Balaban J connectivity index is 1.60. The molecular weight excluding hydrogens is 354 g/mol. The summed E-state index contributed by atoms with van der Waals surface area (Å²) < 4.78 is 5.14. The Hall–Kier alpha value is -2.83. The van der Waals surface area contributed by atoms with Gasteiger partial charge in [0.2, 0.25) is 5.88 Å². The van der Waals surface area contributed by atoms with Gasteiger partial charge in [0.25, 0.3) is 5.91 Å². The lowest BCUT2D eigenvalue weighted by Crippen LogP contribution is -2.49. The molecule has 1 aliphatic heterocycles. The van der Waals surface area contributed by atoms with Gasteiger partial charge in [-0.1, -0.05) is 6.92 Å². The third-order valence-corrected chi connectivity index (χ3v) is 5.05. The summed E-state index contributed by atoms with van der Waals surface area (Å²) in [5, 5.41) is 0. The molecule has 1 aliphatic rings. The van der Waals surface area contributed by atoms with Crippen LogP contribution in [0, 0.1) is 0 Å². The fourth-order valence-corrected chi connectivity index (χ4v) is 3.46. The van der Waals surface area contributed by atoms with Crippen LogP contribution in [0.4, 0.5) is 11.5 Å². The zero-order valence-electron chi connectivity index (χ0n) is 17.0. The van der Waals surface area contributed by atoms with Crippen LogP contribution in [0.25, 0.3) is 0 Å². The van der Waals surface area contributed by atoms with E-state index in [0.29, 0.717) is 19.0 Å². The highest BCUT2D eigenvalue weighted by Crippen LogP contribution is 2.19. The van der Waals surface area contributed by atoms with Gasteiger partial charge < -0.3 is 19.4 Å². The third-order valence-electron chi connectivity index (χ3n) is 5.05. The molecule has 2 heterocycles. The second-order valence-electron chi connectivity index (χ2n) is 6.83. The number of hydrogen-bond donors (Lipinski definition) is 0. The molecule has 7 heteroatoms. The van der Waals surface area contributed by atoms with Crippen LogP contribution in [0.1, 0.15) is 30.6 Å². The first-order chi connectivity index (χ1) is 13.7. The molecule has 3 rings (SSSR count). The van der Waals surface area contributed by atoms with Crippen LogP contribution in [-0.4, -0.2) is 67.2 Å². The number of hydrogen-bond acceptors (Lipinski definition) is 6. The van der Waals surface area contributed by atoms with Crippen LogP contribution >= 0.6 is 0 Å². The highest BCUT2D eigenvalue weighted by molar-refractivity contribution is 5.94. The molecule has 0 atom stereocenters. The largest absolute Gasteiger partial charge is 0.480 e. The van der Waals surface area contributed by atoms with Gasteiger partial charge in [0, 0.05) is 50.5 Å². The van der Waals surface area contributed by atoms with Crippen LogP contribution in [0.2, 0.25) is 0 Å². The van der Waals surface area contributed by atoms with Gasteiger partial charge in [-0.05, 0) is 37.6 Å². The van der Waals surface area contributed by atoms with Crippen LogP contribution in [-0.2, 0) is 0 Å². The minimum absolute atomic E-state index is 0.0847. The van der Waals surface area contributed by atoms with Crippen molar-refractivity contribution in [2.45, 2.75) is 20.3 Å². The van der Waals surface area contributed by atoms with Gasteiger partial charge >= 0.3 is 0 Å². The first kappa shape index (κ1) is 19.9. The number of benzene rings is 1. The zero-order valence-corrected chi connectivity index (χ0v) is 17.0. The molecule has 7 nitrogen and oxygen atoms in total. The number of carbonyl (C=O) groups excluding carboxylic acids is 1. The van der Waals surface area contributed by atoms with Crippen molar-refractivity contribution in [2.75, 3.05) is 56.2 Å². The van der Waals surface area contributed by atoms with Crippen molar-refractivity contribution in [1.82, 2.24) is 14.9 Å². The van der Waals surface area contributed by atoms with E-state index < -0.39 is 0 Å². The van der Waals surface area contributed by atoms with E-state index in [4.69, 9.17) is 4.74 Å². The lowest BCUT2D eigenvalue weighted by Gasteiger charge is -2.35. The quantitative estimate of drug-likeness (QED) is 0.733. The SMILES string of the molecule is CCCN(CC)c1ccc(C(=O)N2CCN(c3cncc(OC)n3)CC2)cc1. The number of aromatic nitrogens is 2.